The van der Waals surface area contributed by atoms with Gasteiger partial charge in [0.15, 0.2) is 22.3 Å². The molecule has 16 heteroatoms. The van der Waals surface area contributed by atoms with Crippen LogP contribution in [0.25, 0.3) is 33.0 Å². The summed E-state index contributed by atoms with van der Waals surface area (Å²) in [6, 6.07) is 5.09. The molecule has 354 valence electrons. The van der Waals surface area contributed by atoms with Crippen LogP contribution < -0.4 is 20.2 Å². The number of ketones is 1. The third-order valence-corrected chi connectivity index (χ3v) is 13.4. The lowest BCUT2D eigenvalue weighted by atomic mass is 9.78. The van der Waals surface area contributed by atoms with Crippen molar-refractivity contribution in [3.8, 4) is 17.2 Å². The summed E-state index contributed by atoms with van der Waals surface area (Å²) >= 11 is 0. The van der Waals surface area contributed by atoms with Gasteiger partial charge in [0.25, 0.3) is 11.7 Å². The van der Waals surface area contributed by atoms with Crippen molar-refractivity contribution in [2.24, 2.45) is 23.7 Å². The van der Waals surface area contributed by atoms with E-state index < -0.39 is 82.7 Å². The molecule has 0 spiro atoms. The lowest BCUT2D eigenvalue weighted by Gasteiger charge is -2.38. The zero-order valence-corrected chi connectivity index (χ0v) is 39.0. The number of hydrogen-bond acceptors (Lipinski definition) is 15. The number of esters is 1. The normalized spacial score (nSPS) is 29.8. The Kier molecular flexibility index (Phi) is 14.3. The maximum atomic E-state index is 14.8. The molecule has 9 atom stereocenters. The third kappa shape index (κ3) is 9.28. The van der Waals surface area contributed by atoms with Crippen LogP contribution in [0.4, 0.5) is 5.69 Å². The highest BCUT2D eigenvalue weighted by Gasteiger charge is 2.49. The van der Waals surface area contributed by atoms with Gasteiger partial charge in [0.2, 0.25) is 0 Å². The first-order valence-corrected chi connectivity index (χ1v) is 22.6. The van der Waals surface area contributed by atoms with E-state index in [1.54, 1.807) is 65.0 Å². The van der Waals surface area contributed by atoms with Gasteiger partial charge in [-0.15, -0.1) is 0 Å². The van der Waals surface area contributed by atoms with Gasteiger partial charge in [0.05, 0.1) is 35.5 Å². The van der Waals surface area contributed by atoms with Crippen molar-refractivity contribution in [3.05, 3.63) is 75.7 Å². The van der Waals surface area contributed by atoms with Crippen LogP contribution in [0.15, 0.2) is 63.6 Å². The molecule has 1 aromatic heterocycles. The molecule has 1 amide bonds. The van der Waals surface area contributed by atoms with Crippen LogP contribution in [0.5, 0.6) is 17.2 Å². The lowest BCUT2D eigenvalue weighted by molar-refractivity contribution is -0.160. The fourth-order valence-electron chi connectivity index (χ4n) is 9.35. The number of phenolic OH excluding ortho intramolecular Hbond substituents is 1. The molecule has 1 fully saturated rings. The number of rotatable bonds is 6. The summed E-state index contributed by atoms with van der Waals surface area (Å²) in [5.41, 5.74) is -0.427. The van der Waals surface area contributed by atoms with Gasteiger partial charge in [0.1, 0.15) is 40.9 Å². The summed E-state index contributed by atoms with van der Waals surface area (Å²) in [5, 5.41) is 37.5. The highest BCUT2D eigenvalue weighted by atomic mass is 16.7. The predicted octanol–water partition coefficient (Wildman–Crippen LogP) is 6.86. The maximum absolute atomic E-state index is 14.8. The van der Waals surface area contributed by atoms with E-state index in [0.29, 0.717) is 17.9 Å². The number of piperidine rings is 1. The second-order valence-electron chi connectivity index (χ2n) is 18.1. The minimum Gasteiger partial charge on any atom is -0.505 e. The molecule has 4 heterocycles. The molecule has 3 aliphatic heterocycles. The van der Waals surface area contributed by atoms with Crippen LogP contribution in [-0.2, 0) is 23.8 Å². The number of aliphatic hydroxyl groups excluding tert-OH is 2. The SMILES string of the molecule is CO[C@H]1/C=C/O[C@@]2(C)Oc3c(C)c(=O)c4c(O)c(c5oc6cc(OCCN7CCCCC7)ccc6nc5c4c3C2=O)NC(=O)/C(C)=C\C=C\[C@H](C)[C@H](O)[C@@H](C)[C@@H](O)[C@@H](C)[C@H](OC(C)=O)[C@@H]1C. The van der Waals surface area contributed by atoms with Crippen LogP contribution in [0.3, 0.4) is 0 Å². The number of allylic oxidation sites excluding steroid dienone is 2. The van der Waals surface area contributed by atoms with Gasteiger partial charge >= 0.3 is 11.8 Å². The van der Waals surface area contributed by atoms with Crippen LogP contribution in [0.2, 0.25) is 0 Å². The molecule has 0 unspecified atom stereocenters. The van der Waals surface area contributed by atoms with Crippen molar-refractivity contribution in [3.63, 3.8) is 0 Å². The molecule has 16 nitrogen and oxygen atoms in total. The molecule has 4 N–H and O–H groups in total. The van der Waals surface area contributed by atoms with Gasteiger partial charge in [-0.1, -0.05) is 52.3 Å². The van der Waals surface area contributed by atoms with Crippen molar-refractivity contribution in [2.45, 2.75) is 105 Å². The molecular weight excluding hydrogens is 851 g/mol. The zero-order chi connectivity index (χ0) is 47.8. The first kappa shape index (κ1) is 48.1. The Labute approximate surface area is 383 Å². The quantitative estimate of drug-likeness (QED) is 0.0673. The fraction of sp³-hybridized carbons (Fsp3) is 0.500. The van der Waals surface area contributed by atoms with Crippen molar-refractivity contribution in [2.75, 3.05) is 38.7 Å². The first-order chi connectivity index (χ1) is 31.4. The van der Waals surface area contributed by atoms with E-state index in [9.17, 15) is 34.5 Å². The number of fused-ring (bicyclic) bond motifs is 2. The molecule has 3 aliphatic rings. The summed E-state index contributed by atoms with van der Waals surface area (Å²) in [6.45, 7) is 15.8. The molecule has 1 saturated heterocycles. The van der Waals surface area contributed by atoms with Gasteiger partial charge in [-0.25, -0.2) is 4.98 Å². The van der Waals surface area contributed by atoms with E-state index in [1.807, 2.05) is 0 Å². The Morgan fingerprint density at radius 1 is 0.985 bits per heavy atom. The number of aliphatic hydroxyl groups is 2. The van der Waals surface area contributed by atoms with Crippen molar-refractivity contribution in [1.82, 2.24) is 9.88 Å². The van der Waals surface area contributed by atoms with Gasteiger partial charge in [-0.05, 0) is 58.0 Å². The lowest BCUT2D eigenvalue weighted by Crippen LogP contribution is -2.46. The average molecular weight is 912 g/mol. The van der Waals surface area contributed by atoms with Gasteiger partial charge < -0.3 is 48.7 Å². The van der Waals surface area contributed by atoms with Crippen molar-refractivity contribution < 1.29 is 57.8 Å². The Balaban J connectivity index is 1.39. The number of carbonyl (C=O) groups is 3. The van der Waals surface area contributed by atoms with E-state index in [2.05, 4.69) is 10.2 Å². The number of nitrogens with one attached hydrogen (secondary N) is 1. The number of ether oxygens (including phenoxy) is 5. The van der Waals surface area contributed by atoms with E-state index >= 15 is 0 Å². The third-order valence-electron chi connectivity index (χ3n) is 13.4. The number of nitrogens with zero attached hydrogens (tertiary/aromatic N) is 2. The highest BCUT2D eigenvalue weighted by molar-refractivity contribution is 6.26. The number of carbonyl (C=O) groups excluding carboxylic acids is 3. The Morgan fingerprint density at radius 2 is 1.71 bits per heavy atom. The summed E-state index contributed by atoms with van der Waals surface area (Å²) in [6.07, 6.45) is 7.17. The second kappa shape index (κ2) is 19.6. The smallest absolute Gasteiger partial charge is 0.312 e. The van der Waals surface area contributed by atoms with Crippen LogP contribution in [0, 0.1) is 30.6 Å². The second-order valence-corrected chi connectivity index (χ2v) is 18.1. The van der Waals surface area contributed by atoms with Crippen molar-refractivity contribution in [1.29, 1.82) is 0 Å². The molecule has 4 aromatic rings. The van der Waals surface area contributed by atoms with Gasteiger partial charge in [-0.3, -0.25) is 24.1 Å². The highest BCUT2D eigenvalue weighted by Crippen LogP contribution is 2.48. The molecular formula is C50H61N3O13. The maximum Gasteiger partial charge on any atom is 0.312 e. The summed E-state index contributed by atoms with van der Waals surface area (Å²) in [4.78, 5) is 62.8. The minimum atomic E-state index is -2.04. The van der Waals surface area contributed by atoms with Gasteiger partial charge in [-0.2, -0.15) is 0 Å². The Hall–Kier alpha value is -5.81. The molecule has 3 aromatic carbocycles. The van der Waals surface area contributed by atoms with Crippen LogP contribution >= 0.6 is 0 Å². The minimum absolute atomic E-state index is 0.00409. The standard InChI is InChI=1S/C50H61N3O13/c1-25-14-13-15-26(2)49(60)52-40-44(58)37-36(39-47(40)65-35-24-32(16-17-33(35)51-39)62-23-21-53-19-11-10-12-20-53)38-46(30(6)43(37)57)66-50(8,48(38)59)63-22-18-34(61-9)27(3)45(64-31(7)54)29(5)42(56)28(4)41(25)55/h13-18,22,24-25,27-29,34,41-42,45,55-56,58H,10-12,19-21,23H2,1-9H3,(H,52,60)/b14-13+,22-18+,26-15-/t25-,27+,28+,29+,34-,41-,42+,45+,50-/m0/s1. The summed E-state index contributed by atoms with van der Waals surface area (Å²) in [5.74, 6) is -6.72. The van der Waals surface area contributed by atoms with Gasteiger partial charge in [0, 0.05) is 73.8 Å². The molecule has 0 radical (unpaired) electrons. The van der Waals surface area contributed by atoms with Crippen LogP contribution in [0.1, 0.15) is 83.7 Å². The van der Waals surface area contributed by atoms with Crippen molar-refractivity contribution >= 4 is 56.3 Å². The molecule has 4 bridgehead atoms. The molecule has 0 saturated carbocycles. The topological polar surface area (TPSA) is 216 Å². The number of hydrogen-bond donors (Lipinski definition) is 4. The monoisotopic (exact) mass is 911 g/mol. The van der Waals surface area contributed by atoms with E-state index in [1.165, 1.54) is 52.7 Å². The number of benzene rings is 3. The number of amides is 1. The van der Waals surface area contributed by atoms with E-state index in [4.69, 9.17) is 33.1 Å². The van der Waals surface area contributed by atoms with Crippen LogP contribution in [-0.4, -0.2) is 106 Å². The molecule has 7 rings (SSSR count). The Bertz CT molecular complexity index is 2680. The number of Topliss-reactive ketones (excluding diaryl/α,β-unsaturated/α-hetero) is 1. The largest absolute Gasteiger partial charge is 0.505 e. The number of aromatic hydroxyl groups is 1. The number of methoxy groups -OCH3 is 1. The first-order valence-electron chi connectivity index (χ1n) is 22.6. The number of anilines is 1. The number of likely N-dealkylation sites (tertiary alicyclic amines) is 1. The Morgan fingerprint density at radius 3 is 2.41 bits per heavy atom. The summed E-state index contributed by atoms with van der Waals surface area (Å²) in [7, 11) is 1.45. The fourth-order valence-corrected chi connectivity index (χ4v) is 9.35. The zero-order valence-electron chi connectivity index (χ0n) is 39.0. The van der Waals surface area contributed by atoms with E-state index in [-0.39, 0.29) is 55.6 Å². The van der Waals surface area contributed by atoms with E-state index in [0.717, 1.165) is 32.5 Å². The molecule has 66 heavy (non-hydrogen) atoms. The number of aromatic nitrogens is 1. The predicted molar refractivity (Wildman–Crippen MR) is 248 cm³/mol. The summed E-state index contributed by atoms with van der Waals surface area (Å²) < 4.78 is 36.5. The number of phenols is 1. The molecule has 0 aliphatic carbocycles. The average Bonchev–Trinajstić information content (AvgIpc) is 3.56.